The van der Waals surface area contributed by atoms with Crippen LogP contribution in [0, 0.1) is 5.92 Å². The van der Waals surface area contributed by atoms with E-state index in [-0.39, 0.29) is 24.3 Å². The van der Waals surface area contributed by atoms with Crippen LogP contribution in [0.4, 0.5) is 0 Å². The minimum absolute atomic E-state index is 0. The van der Waals surface area contributed by atoms with Crippen molar-refractivity contribution in [1.82, 2.24) is 0 Å². The van der Waals surface area contributed by atoms with E-state index < -0.39 is 5.60 Å². The maximum Gasteiger partial charge on any atom is 0.310 e. The second-order valence-electron chi connectivity index (χ2n) is 3.67. The van der Waals surface area contributed by atoms with Gasteiger partial charge in [-0.05, 0) is 20.8 Å². The van der Waals surface area contributed by atoms with Crippen LogP contribution in [0.2, 0.25) is 0 Å². The molecule has 0 aliphatic heterocycles. The van der Waals surface area contributed by atoms with Gasteiger partial charge in [-0.3, -0.25) is 4.79 Å². The summed E-state index contributed by atoms with van der Waals surface area (Å²) in [6.45, 7) is 7.62. The van der Waals surface area contributed by atoms with Gasteiger partial charge in [0.25, 0.3) is 0 Å². The van der Waals surface area contributed by atoms with Crippen LogP contribution in [0.25, 0.3) is 0 Å². The van der Waals surface area contributed by atoms with Gasteiger partial charge in [-0.25, -0.2) is 0 Å². The molecule has 0 amide bonds. The second kappa shape index (κ2) is 5.38. The number of hydrogen-bond donors (Lipinski definition) is 1. The predicted octanol–water partition coefficient (Wildman–Crippen LogP) is 1.34. The standard InChI is InChI=1S/C8H17NO2.ClH/c1-6(5-9)7(10)11-8(2,3)4;/h6H,5,9H2,1-4H3;1H/t6-;/m0./s1. The van der Waals surface area contributed by atoms with Crippen LogP contribution in [0.5, 0.6) is 0 Å². The van der Waals surface area contributed by atoms with Gasteiger partial charge in [0.2, 0.25) is 0 Å². The summed E-state index contributed by atoms with van der Waals surface area (Å²) in [5, 5.41) is 0. The Morgan fingerprint density at radius 1 is 1.50 bits per heavy atom. The highest BCUT2D eigenvalue weighted by molar-refractivity contribution is 5.85. The number of ether oxygens (including phenoxy) is 1. The SMILES string of the molecule is C[C@@H](CN)C(=O)OC(C)(C)C.Cl. The van der Waals surface area contributed by atoms with Crippen molar-refractivity contribution in [2.75, 3.05) is 6.54 Å². The van der Waals surface area contributed by atoms with Crippen molar-refractivity contribution < 1.29 is 9.53 Å². The number of rotatable bonds is 2. The summed E-state index contributed by atoms with van der Waals surface area (Å²) in [6.07, 6.45) is 0. The monoisotopic (exact) mass is 195 g/mol. The fourth-order valence-electron chi connectivity index (χ4n) is 0.499. The average Bonchev–Trinajstić information content (AvgIpc) is 1.82. The van der Waals surface area contributed by atoms with Crippen LogP contribution in [0.1, 0.15) is 27.7 Å². The van der Waals surface area contributed by atoms with Gasteiger partial charge in [-0.15, -0.1) is 12.4 Å². The van der Waals surface area contributed by atoms with Crippen LogP contribution < -0.4 is 5.73 Å². The Labute approximate surface area is 80.1 Å². The Balaban J connectivity index is 0. The van der Waals surface area contributed by atoms with E-state index >= 15 is 0 Å². The van der Waals surface area contributed by atoms with Gasteiger partial charge in [0, 0.05) is 6.54 Å². The molecule has 0 bridgehead atoms. The molecule has 12 heavy (non-hydrogen) atoms. The van der Waals surface area contributed by atoms with Crippen LogP contribution in [-0.2, 0) is 9.53 Å². The van der Waals surface area contributed by atoms with Gasteiger partial charge < -0.3 is 10.5 Å². The molecule has 0 fully saturated rings. The van der Waals surface area contributed by atoms with E-state index in [1.165, 1.54) is 0 Å². The molecule has 3 nitrogen and oxygen atoms in total. The van der Waals surface area contributed by atoms with Crippen molar-refractivity contribution >= 4 is 18.4 Å². The smallest absolute Gasteiger partial charge is 0.310 e. The molecule has 0 spiro atoms. The Bertz CT molecular complexity index is 142. The summed E-state index contributed by atoms with van der Waals surface area (Å²) >= 11 is 0. The maximum atomic E-state index is 11.1. The number of carbonyl (C=O) groups is 1. The van der Waals surface area contributed by atoms with Crippen molar-refractivity contribution in [3.8, 4) is 0 Å². The highest BCUT2D eigenvalue weighted by Gasteiger charge is 2.20. The number of halogens is 1. The topological polar surface area (TPSA) is 52.3 Å². The zero-order valence-electron chi connectivity index (χ0n) is 8.09. The second-order valence-corrected chi connectivity index (χ2v) is 3.67. The predicted molar refractivity (Wildman–Crippen MR) is 51.3 cm³/mol. The summed E-state index contributed by atoms with van der Waals surface area (Å²) in [7, 11) is 0. The van der Waals surface area contributed by atoms with Gasteiger partial charge in [0.1, 0.15) is 5.60 Å². The molecular weight excluding hydrogens is 178 g/mol. The lowest BCUT2D eigenvalue weighted by Crippen LogP contribution is -2.30. The molecule has 0 unspecified atom stereocenters. The molecule has 0 aromatic carbocycles. The Hall–Kier alpha value is -0.280. The molecule has 0 aliphatic rings. The minimum Gasteiger partial charge on any atom is -0.460 e. The van der Waals surface area contributed by atoms with Crippen molar-refractivity contribution in [3.05, 3.63) is 0 Å². The molecule has 74 valence electrons. The summed E-state index contributed by atoms with van der Waals surface area (Å²) in [5.41, 5.74) is 4.89. The molecule has 0 aromatic heterocycles. The largest absolute Gasteiger partial charge is 0.460 e. The first-order valence-electron chi connectivity index (χ1n) is 3.79. The fourth-order valence-corrected chi connectivity index (χ4v) is 0.499. The van der Waals surface area contributed by atoms with Gasteiger partial charge >= 0.3 is 5.97 Å². The third kappa shape index (κ3) is 6.43. The molecular formula is C8H18ClNO2. The normalized spacial score (nSPS) is 13.1. The molecule has 1 atom stereocenters. The lowest BCUT2D eigenvalue weighted by Gasteiger charge is -2.21. The third-order valence-corrected chi connectivity index (χ3v) is 1.16. The van der Waals surface area contributed by atoms with Crippen molar-refractivity contribution in [2.45, 2.75) is 33.3 Å². The Morgan fingerprint density at radius 3 is 2.17 bits per heavy atom. The molecule has 4 heteroatoms. The zero-order chi connectivity index (χ0) is 9.07. The summed E-state index contributed by atoms with van der Waals surface area (Å²) in [4.78, 5) is 11.1. The zero-order valence-corrected chi connectivity index (χ0v) is 8.90. The molecule has 0 aliphatic carbocycles. The number of hydrogen-bond acceptors (Lipinski definition) is 3. The Morgan fingerprint density at radius 2 is 1.92 bits per heavy atom. The molecule has 0 heterocycles. The average molecular weight is 196 g/mol. The van der Waals surface area contributed by atoms with Crippen molar-refractivity contribution in [2.24, 2.45) is 11.7 Å². The summed E-state index contributed by atoms with van der Waals surface area (Å²) < 4.78 is 5.07. The molecule has 0 saturated heterocycles. The van der Waals surface area contributed by atoms with Crippen molar-refractivity contribution in [3.63, 3.8) is 0 Å². The molecule has 0 radical (unpaired) electrons. The van der Waals surface area contributed by atoms with Crippen LogP contribution in [0.15, 0.2) is 0 Å². The van der Waals surface area contributed by atoms with E-state index in [1.807, 2.05) is 20.8 Å². The molecule has 0 saturated carbocycles. The van der Waals surface area contributed by atoms with Gasteiger partial charge in [0.15, 0.2) is 0 Å². The van der Waals surface area contributed by atoms with Gasteiger partial charge in [0.05, 0.1) is 5.92 Å². The number of nitrogens with two attached hydrogens (primary N) is 1. The van der Waals surface area contributed by atoms with Crippen LogP contribution >= 0.6 is 12.4 Å². The Kier molecular flexibility index (Phi) is 6.39. The quantitative estimate of drug-likeness (QED) is 0.677. The van der Waals surface area contributed by atoms with E-state index in [2.05, 4.69) is 0 Å². The summed E-state index contributed by atoms with van der Waals surface area (Å²) in [6, 6.07) is 0. The van der Waals surface area contributed by atoms with E-state index in [4.69, 9.17) is 10.5 Å². The lowest BCUT2D eigenvalue weighted by molar-refractivity contribution is -0.158. The minimum atomic E-state index is -0.402. The van der Waals surface area contributed by atoms with E-state index in [1.54, 1.807) is 6.92 Å². The highest BCUT2D eigenvalue weighted by atomic mass is 35.5. The number of carbonyl (C=O) groups excluding carboxylic acids is 1. The van der Waals surface area contributed by atoms with E-state index in [0.717, 1.165) is 0 Å². The van der Waals surface area contributed by atoms with Gasteiger partial charge in [-0.2, -0.15) is 0 Å². The molecule has 0 rings (SSSR count). The fraction of sp³-hybridized carbons (Fsp3) is 0.875. The van der Waals surface area contributed by atoms with Gasteiger partial charge in [-0.1, -0.05) is 6.92 Å². The lowest BCUT2D eigenvalue weighted by atomic mass is 10.1. The van der Waals surface area contributed by atoms with Crippen LogP contribution in [-0.4, -0.2) is 18.1 Å². The highest BCUT2D eigenvalue weighted by Crippen LogP contribution is 2.09. The first-order chi connectivity index (χ1) is 4.87. The third-order valence-electron chi connectivity index (χ3n) is 1.16. The first-order valence-corrected chi connectivity index (χ1v) is 3.79. The van der Waals surface area contributed by atoms with Crippen LogP contribution in [0.3, 0.4) is 0 Å². The maximum absolute atomic E-state index is 11.1. The number of esters is 1. The van der Waals surface area contributed by atoms with E-state index in [9.17, 15) is 4.79 Å². The molecule has 0 aromatic rings. The van der Waals surface area contributed by atoms with Crippen molar-refractivity contribution in [1.29, 1.82) is 0 Å². The van der Waals surface area contributed by atoms with E-state index in [0.29, 0.717) is 6.54 Å². The molecule has 2 N–H and O–H groups in total. The summed E-state index contributed by atoms with van der Waals surface area (Å²) in [5.74, 6) is -0.422. The first kappa shape index (κ1) is 14.3.